The Labute approximate surface area is 207 Å². The monoisotopic (exact) mass is 467 g/mol. The van der Waals surface area contributed by atoms with E-state index in [4.69, 9.17) is 5.73 Å². The van der Waals surface area contributed by atoms with Gasteiger partial charge in [0.15, 0.2) is 11.0 Å². The molecule has 5 nitrogen and oxygen atoms in total. The zero-order valence-electron chi connectivity index (χ0n) is 19.7. The van der Waals surface area contributed by atoms with Crippen molar-refractivity contribution >= 4 is 61.0 Å². The van der Waals surface area contributed by atoms with Crippen molar-refractivity contribution < 1.29 is 4.57 Å². The maximum absolute atomic E-state index is 13.9. The number of nitrogens with two attached hydrogens (primary N) is 1. The average molecular weight is 468 g/mol. The maximum atomic E-state index is 13.9. The molecule has 0 saturated carbocycles. The van der Waals surface area contributed by atoms with Crippen LogP contribution in [0.4, 0.5) is 22.7 Å². The number of nitrogen functional groups attached to an aromatic ring is 1. The summed E-state index contributed by atoms with van der Waals surface area (Å²) >= 11 is 0. The van der Waals surface area contributed by atoms with E-state index in [2.05, 4.69) is 45.9 Å². The number of pyridine rings is 1. The number of imidazole rings is 1. The number of para-hydroxylation sites is 3. The van der Waals surface area contributed by atoms with Crippen molar-refractivity contribution in [3.8, 4) is 0 Å². The van der Waals surface area contributed by atoms with E-state index >= 15 is 0 Å². The summed E-state index contributed by atoms with van der Waals surface area (Å²) in [6.45, 7) is 0. The quantitative estimate of drug-likeness (QED) is 0.253. The summed E-state index contributed by atoms with van der Waals surface area (Å²) in [6.07, 6.45) is 0. The van der Waals surface area contributed by atoms with Gasteiger partial charge in [0.1, 0.15) is 0 Å². The number of hydrogen-bond donors (Lipinski definition) is 1. The molecule has 0 unspecified atom stereocenters. The SMILES string of the molecule is C[n+]1c2ccccc2n2c(=O)c3cccc4c(N(c5ccccc5)c5ccc(N)cc5)ccc(c43)c21. The molecular weight excluding hydrogens is 444 g/mol. The van der Waals surface area contributed by atoms with Crippen molar-refractivity contribution in [1.82, 2.24) is 4.40 Å². The third-order valence-electron chi connectivity index (χ3n) is 7.11. The van der Waals surface area contributed by atoms with Gasteiger partial charge in [-0.05, 0) is 66.7 Å². The summed E-state index contributed by atoms with van der Waals surface area (Å²) in [5.41, 5.74) is 12.6. The zero-order valence-corrected chi connectivity index (χ0v) is 19.7. The number of rotatable bonds is 3. The largest absolute Gasteiger partial charge is 0.399 e. The highest BCUT2D eigenvalue weighted by Crippen LogP contribution is 2.41. The maximum Gasteiger partial charge on any atom is 0.347 e. The minimum absolute atomic E-state index is 0.00389. The fourth-order valence-corrected chi connectivity index (χ4v) is 5.52. The van der Waals surface area contributed by atoms with E-state index in [0.717, 1.165) is 55.6 Å². The Hall–Kier alpha value is -4.90. The van der Waals surface area contributed by atoms with E-state index in [9.17, 15) is 4.79 Å². The number of hydrogen-bond acceptors (Lipinski definition) is 3. The van der Waals surface area contributed by atoms with Gasteiger partial charge in [0.05, 0.1) is 23.5 Å². The summed E-state index contributed by atoms with van der Waals surface area (Å²) in [5.74, 6) is 0. The Balaban J connectivity index is 1.63. The summed E-state index contributed by atoms with van der Waals surface area (Å²) in [6, 6.07) is 36.5. The van der Waals surface area contributed by atoms with Crippen molar-refractivity contribution in [3.05, 3.63) is 120 Å². The molecule has 0 atom stereocenters. The molecule has 36 heavy (non-hydrogen) atoms. The molecule has 0 fully saturated rings. The third-order valence-corrected chi connectivity index (χ3v) is 7.11. The minimum atomic E-state index is -0.00389. The van der Waals surface area contributed by atoms with Gasteiger partial charge >= 0.3 is 5.56 Å². The molecule has 0 saturated heterocycles. The highest BCUT2D eigenvalue weighted by atomic mass is 16.1. The topological polar surface area (TPSA) is 54.6 Å². The molecule has 0 aliphatic heterocycles. The normalized spacial score (nSPS) is 11.7. The predicted molar refractivity (Wildman–Crippen MR) is 148 cm³/mol. The van der Waals surface area contributed by atoms with Crippen LogP contribution in [-0.2, 0) is 7.05 Å². The average Bonchev–Trinajstić information content (AvgIpc) is 3.22. The molecule has 0 bridgehead atoms. The molecule has 0 aliphatic rings. The van der Waals surface area contributed by atoms with E-state index in [0.29, 0.717) is 5.39 Å². The molecule has 0 spiro atoms. The van der Waals surface area contributed by atoms with Gasteiger partial charge in [0.25, 0.3) is 5.65 Å². The number of benzene rings is 5. The second-order valence-corrected chi connectivity index (χ2v) is 9.13. The summed E-state index contributed by atoms with van der Waals surface area (Å²) < 4.78 is 3.97. The summed E-state index contributed by atoms with van der Waals surface area (Å²) in [5, 5.41) is 3.76. The van der Waals surface area contributed by atoms with Gasteiger partial charge in [-0.2, -0.15) is 4.40 Å². The molecule has 7 rings (SSSR count). The number of aryl methyl sites for hydroxylation is 1. The van der Waals surface area contributed by atoms with Crippen LogP contribution >= 0.6 is 0 Å². The van der Waals surface area contributed by atoms with Crippen LogP contribution in [0.3, 0.4) is 0 Å². The Morgan fingerprint density at radius 3 is 2.19 bits per heavy atom. The number of anilines is 4. The fraction of sp³-hybridized carbons (Fsp3) is 0.0323. The zero-order chi connectivity index (χ0) is 24.4. The first kappa shape index (κ1) is 20.5. The van der Waals surface area contributed by atoms with Crippen molar-refractivity contribution in [1.29, 1.82) is 0 Å². The molecule has 0 radical (unpaired) electrons. The summed E-state index contributed by atoms with van der Waals surface area (Å²) in [7, 11) is 2.03. The van der Waals surface area contributed by atoms with Crippen molar-refractivity contribution in [2.45, 2.75) is 0 Å². The van der Waals surface area contributed by atoms with E-state index in [-0.39, 0.29) is 5.56 Å². The highest BCUT2D eigenvalue weighted by molar-refractivity contribution is 6.19. The molecular formula is C31H23N4O+. The second-order valence-electron chi connectivity index (χ2n) is 9.13. The third kappa shape index (κ3) is 2.77. The molecule has 5 aromatic carbocycles. The Morgan fingerprint density at radius 1 is 0.694 bits per heavy atom. The Bertz CT molecular complexity index is 1980. The van der Waals surface area contributed by atoms with Crippen LogP contribution in [0.1, 0.15) is 0 Å². The smallest absolute Gasteiger partial charge is 0.347 e. The van der Waals surface area contributed by atoms with Gasteiger partial charge in [-0.15, -0.1) is 0 Å². The predicted octanol–water partition coefficient (Wildman–Crippen LogP) is 6.07. The standard InChI is InChI=1S/C31H23N4O/c1-33-27-12-5-6-13-28(27)35-30(33)24-18-19-26(23-10-7-11-25(29(23)24)31(35)36)34(21-8-3-2-4-9-21)22-16-14-20(32)15-17-22/h2-19H,32H2,1H3/q+1. The molecule has 2 heterocycles. The van der Waals surface area contributed by atoms with Gasteiger partial charge in [-0.3, -0.25) is 0 Å². The van der Waals surface area contributed by atoms with E-state index in [1.165, 1.54) is 0 Å². The number of fused-ring (bicyclic) bond motifs is 4. The van der Waals surface area contributed by atoms with Crippen LogP contribution in [-0.4, -0.2) is 4.40 Å². The number of nitrogens with zero attached hydrogens (tertiary/aromatic N) is 3. The van der Waals surface area contributed by atoms with Gasteiger partial charge in [0, 0.05) is 27.8 Å². The lowest BCUT2D eigenvalue weighted by Crippen LogP contribution is -2.29. The first-order valence-electron chi connectivity index (χ1n) is 11.9. The van der Waals surface area contributed by atoms with Crippen molar-refractivity contribution in [2.24, 2.45) is 7.05 Å². The van der Waals surface area contributed by atoms with Crippen molar-refractivity contribution in [3.63, 3.8) is 0 Å². The van der Waals surface area contributed by atoms with E-state index in [1.807, 2.05) is 84.2 Å². The fourth-order valence-electron chi connectivity index (χ4n) is 5.52. The molecule has 2 N–H and O–H groups in total. The lowest BCUT2D eigenvalue weighted by atomic mass is 9.99. The van der Waals surface area contributed by atoms with Crippen LogP contribution in [0.2, 0.25) is 0 Å². The molecule has 0 aliphatic carbocycles. The van der Waals surface area contributed by atoms with Gasteiger partial charge in [-0.25, -0.2) is 9.36 Å². The Kier molecular flexibility index (Phi) is 4.29. The van der Waals surface area contributed by atoms with Crippen LogP contribution in [0.5, 0.6) is 0 Å². The molecule has 7 aromatic rings. The van der Waals surface area contributed by atoms with Crippen LogP contribution < -0.4 is 20.8 Å². The summed E-state index contributed by atoms with van der Waals surface area (Å²) in [4.78, 5) is 16.1. The van der Waals surface area contributed by atoms with Gasteiger partial charge in [0.2, 0.25) is 0 Å². The number of aromatic nitrogens is 2. The molecule has 172 valence electrons. The van der Waals surface area contributed by atoms with Crippen molar-refractivity contribution in [2.75, 3.05) is 10.6 Å². The lowest BCUT2D eigenvalue weighted by molar-refractivity contribution is -0.617. The Morgan fingerprint density at radius 2 is 1.39 bits per heavy atom. The lowest BCUT2D eigenvalue weighted by Gasteiger charge is -2.27. The minimum Gasteiger partial charge on any atom is -0.399 e. The highest BCUT2D eigenvalue weighted by Gasteiger charge is 2.26. The molecule has 0 amide bonds. The van der Waals surface area contributed by atoms with Crippen LogP contribution in [0.15, 0.2) is 114 Å². The first-order valence-corrected chi connectivity index (χ1v) is 11.9. The van der Waals surface area contributed by atoms with Crippen LogP contribution in [0.25, 0.3) is 38.2 Å². The van der Waals surface area contributed by atoms with Gasteiger partial charge in [-0.1, -0.05) is 42.5 Å². The molecule has 5 heteroatoms. The first-order chi connectivity index (χ1) is 17.6. The molecule has 2 aromatic heterocycles. The van der Waals surface area contributed by atoms with Gasteiger partial charge < -0.3 is 10.6 Å². The second kappa shape index (κ2) is 7.55. The van der Waals surface area contributed by atoms with E-state index in [1.54, 1.807) is 0 Å². The van der Waals surface area contributed by atoms with Crippen LogP contribution in [0, 0.1) is 0 Å². The van der Waals surface area contributed by atoms with E-state index < -0.39 is 0 Å².